The largest absolute Gasteiger partial charge is 0.314 e. The second-order valence-corrected chi connectivity index (χ2v) is 2.91. The minimum absolute atomic E-state index is 0.829. The summed E-state index contributed by atoms with van der Waals surface area (Å²) in [6.45, 7) is 5.59. The third-order valence-corrected chi connectivity index (χ3v) is 2.10. The molecule has 1 fully saturated rings. The van der Waals surface area contributed by atoms with Gasteiger partial charge < -0.3 is 5.32 Å². The van der Waals surface area contributed by atoms with Crippen molar-refractivity contribution in [2.45, 2.75) is 39.2 Å². The first-order chi connectivity index (χ1) is 4.38. The van der Waals surface area contributed by atoms with Crippen molar-refractivity contribution in [3.05, 3.63) is 0 Å². The lowest BCUT2D eigenvalue weighted by Crippen LogP contribution is -2.29. The van der Waals surface area contributed by atoms with Crippen LogP contribution in [0.4, 0.5) is 0 Å². The summed E-state index contributed by atoms with van der Waals surface area (Å²) < 4.78 is 0. The molecule has 0 bridgehead atoms. The normalized spacial score (nSPS) is 22.0. The Labute approximate surface area is 57.8 Å². The molecule has 1 rings (SSSR count). The van der Waals surface area contributed by atoms with Gasteiger partial charge in [-0.2, -0.15) is 0 Å². The molecular formula is C8H17N. The average Bonchev–Trinajstić information content (AvgIpc) is 2.64. The second-order valence-electron chi connectivity index (χ2n) is 2.91. The molecule has 0 saturated heterocycles. The molecule has 0 amide bonds. The van der Waals surface area contributed by atoms with Gasteiger partial charge in [0, 0.05) is 6.04 Å². The molecule has 0 heterocycles. The van der Waals surface area contributed by atoms with Crippen LogP contribution in [0.15, 0.2) is 0 Å². The van der Waals surface area contributed by atoms with Crippen LogP contribution in [-0.4, -0.2) is 12.6 Å². The van der Waals surface area contributed by atoms with E-state index >= 15 is 0 Å². The summed E-state index contributed by atoms with van der Waals surface area (Å²) in [5, 5.41) is 3.49. The van der Waals surface area contributed by atoms with E-state index in [0.29, 0.717) is 0 Å². The number of hydrogen-bond donors (Lipinski definition) is 1. The monoisotopic (exact) mass is 127 g/mol. The molecule has 1 unspecified atom stereocenters. The van der Waals surface area contributed by atoms with Gasteiger partial charge in [0.25, 0.3) is 0 Å². The van der Waals surface area contributed by atoms with Crippen molar-refractivity contribution >= 4 is 0 Å². The predicted octanol–water partition coefficient (Wildman–Crippen LogP) is 1.78. The Morgan fingerprint density at radius 1 is 1.44 bits per heavy atom. The summed E-state index contributed by atoms with van der Waals surface area (Å²) in [5.41, 5.74) is 0. The van der Waals surface area contributed by atoms with E-state index in [2.05, 4.69) is 19.2 Å². The van der Waals surface area contributed by atoms with Crippen LogP contribution in [-0.2, 0) is 0 Å². The van der Waals surface area contributed by atoms with Gasteiger partial charge in [-0.1, -0.05) is 13.8 Å². The standard InChI is InChI=1S/C8H17N/c1-3-8(9-4-2)7-5-6-7/h7-9H,3-6H2,1-2H3. The zero-order chi connectivity index (χ0) is 6.69. The fourth-order valence-electron chi connectivity index (χ4n) is 1.41. The highest BCUT2D eigenvalue weighted by Crippen LogP contribution is 2.33. The molecule has 1 N–H and O–H groups in total. The summed E-state index contributed by atoms with van der Waals surface area (Å²) in [4.78, 5) is 0. The van der Waals surface area contributed by atoms with Crippen LogP contribution in [0.5, 0.6) is 0 Å². The molecule has 1 saturated carbocycles. The molecule has 9 heavy (non-hydrogen) atoms. The van der Waals surface area contributed by atoms with E-state index in [9.17, 15) is 0 Å². The highest BCUT2D eigenvalue weighted by Gasteiger charge is 2.28. The Morgan fingerprint density at radius 2 is 2.11 bits per heavy atom. The molecular weight excluding hydrogens is 110 g/mol. The van der Waals surface area contributed by atoms with Crippen molar-refractivity contribution in [3.8, 4) is 0 Å². The maximum Gasteiger partial charge on any atom is 0.00925 e. The lowest BCUT2D eigenvalue weighted by molar-refractivity contribution is 0.462. The van der Waals surface area contributed by atoms with Gasteiger partial charge in [-0.05, 0) is 31.7 Å². The summed E-state index contributed by atoms with van der Waals surface area (Å²) in [6.07, 6.45) is 4.23. The summed E-state index contributed by atoms with van der Waals surface area (Å²) in [7, 11) is 0. The van der Waals surface area contributed by atoms with E-state index in [0.717, 1.165) is 18.5 Å². The maximum absolute atomic E-state index is 3.49. The summed E-state index contributed by atoms with van der Waals surface area (Å²) in [5.74, 6) is 1.02. The van der Waals surface area contributed by atoms with Crippen LogP contribution in [0.3, 0.4) is 0 Å². The molecule has 1 heteroatoms. The smallest absolute Gasteiger partial charge is 0.00925 e. The molecule has 0 spiro atoms. The number of nitrogens with one attached hydrogen (secondary N) is 1. The fourth-order valence-corrected chi connectivity index (χ4v) is 1.41. The first-order valence-electron chi connectivity index (χ1n) is 4.11. The highest BCUT2D eigenvalue weighted by molar-refractivity contribution is 4.84. The van der Waals surface area contributed by atoms with Gasteiger partial charge in [-0.25, -0.2) is 0 Å². The van der Waals surface area contributed by atoms with Crippen molar-refractivity contribution in [2.24, 2.45) is 5.92 Å². The summed E-state index contributed by atoms with van der Waals surface area (Å²) in [6, 6.07) is 0.829. The lowest BCUT2D eigenvalue weighted by atomic mass is 10.1. The first kappa shape index (κ1) is 7.07. The maximum atomic E-state index is 3.49. The zero-order valence-electron chi connectivity index (χ0n) is 6.48. The molecule has 1 aliphatic rings. The minimum atomic E-state index is 0.829. The molecule has 1 aliphatic carbocycles. The van der Waals surface area contributed by atoms with Gasteiger partial charge in [0.1, 0.15) is 0 Å². The predicted molar refractivity (Wildman–Crippen MR) is 40.5 cm³/mol. The third kappa shape index (κ3) is 1.98. The molecule has 0 aromatic heterocycles. The van der Waals surface area contributed by atoms with E-state index in [1.165, 1.54) is 19.3 Å². The van der Waals surface area contributed by atoms with Crippen LogP contribution < -0.4 is 5.32 Å². The van der Waals surface area contributed by atoms with Crippen LogP contribution in [0.1, 0.15) is 33.1 Å². The Bertz CT molecular complexity index is 76.6. The average molecular weight is 127 g/mol. The third-order valence-electron chi connectivity index (χ3n) is 2.10. The minimum Gasteiger partial charge on any atom is -0.314 e. The lowest BCUT2D eigenvalue weighted by Gasteiger charge is -2.13. The van der Waals surface area contributed by atoms with E-state index in [-0.39, 0.29) is 0 Å². The Balaban J connectivity index is 2.12. The second kappa shape index (κ2) is 3.21. The van der Waals surface area contributed by atoms with Gasteiger partial charge in [0.05, 0.1) is 0 Å². The van der Waals surface area contributed by atoms with Gasteiger partial charge in [-0.3, -0.25) is 0 Å². The van der Waals surface area contributed by atoms with Crippen LogP contribution in [0.2, 0.25) is 0 Å². The van der Waals surface area contributed by atoms with Crippen LogP contribution in [0.25, 0.3) is 0 Å². The number of hydrogen-bond acceptors (Lipinski definition) is 1. The van der Waals surface area contributed by atoms with Gasteiger partial charge in [-0.15, -0.1) is 0 Å². The van der Waals surface area contributed by atoms with Crippen LogP contribution in [0, 0.1) is 5.92 Å². The fraction of sp³-hybridized carbons (Fsp3) is 1.00. The van der Waals surface area contributed by atoms with Crippen molar-refractivity contribution in [2.75, 3.05) is 6.54 Å². The molecule has 0 aromatic rings. The van der Waals surface area contributed by atoms with Crippen molar-refractivity contribution in [1.82, 2.24) is 5.32 Å². The molecule has 0 aliphatic heterocycles. The van der Waals surface area contributed by atoms with Crippen molar-refractivity contribution in [3.63, 3.8) is 0 Å². The molecule has 54 valence electrons. The van der Waals surface area contributed by atoms with Crippen LogP contribution >= 0.6 is 0 Å². The van der Waals surface area contributed by atoms with Gasteiger partial charge in [0.15, 0.2) is 0 Å². The Kier molecular flexibility index (Phi) is 2.52. The molecule has 0 radical (unpaired) electrons. The number of rotatable bonds is 4. The Hall–Kier alpha value is -0.0400. The van der Waals surface area contributed by atoms with E-state index in [1.807, 2.05) is 0 Å². The topological polar surface area (TPSA) is 12.0 Å². The molecule has 1 nitrogen and oxygen atoms in total. The molecule has 1 atom stereocenters. The van der Waals surface area contributed by atoms with E-state index in [1.54, 1.807) is 0 Å². The van der Waals surface area contributed by atoms with Gasteiger partial charge in [0.2, 0.25) is 0 Å². The van der Waals surface area contributed by atoms with E-state index in [4.69, 9.17) is 0 Å². The van der Waals surface area contributed by atoms with Crippen molar-refractivity contribution in [1.29, 1.82) is 0 Å². The van der Waals surface area contributed by atoms with Gasteiger partial charge >= 0.3 is 0 Å². The quantitative estimate of drug-likeness (QED) is 0.607. The van der Waals surface area contributed by atoms with E-state index < -0.39 is 0 Å². The first-order valence-corrected chi connectivity index (χ1v) is 4.11. The highest BCUT2D eigenvalue weighted by atomic mass is 14.9. The summed E-state index contributed by atoms with van der Waals surface area (Å²) >= 11 is 0. The molecule has 0 aromatic carbocycles. The van der Waals surface area contributed by atoms with Crippen molar-refractivity contribution < 1.29 is 0 Å². The zero-order valence-corrected chi connectivity index (χ0v) is 6.48. The Morgan fingerprint density at radius 3 is 2.44 bits per heavy atom. The SMILES string of the molecule is CCNC(CC)C1CC1.